The van der Waals surface area contributed by atoms with Crippen molar-refractivity contribution >= 4 is 22.1 Å². The maximum absolute atomic E-state index is 10.4. The highest BCUT2D eigenvalue weighted by molar-refractivity contribution is 6.29. The molecular formula is C4H4NO2Si. The van der Waals surface area contributed by atoms with Gasteiger partial charge in [-0.2, -0.15) is 0 Å². The van der Waals surface area contributed by atoms with Gasteiger partial charge in [-0.1, -0.05) is 0 Å². The Morgan fingerprint density at radius 3 is 2.38 bits per heavy atom. The van der Waals surface area contributed by atoms with Crippen LogP contribution >= 0.6 is 0 Å². The van der Waals surface area contributed by atoms with E-state index in [1.54, 1.807) is 0 Å². The number of nitrogens with one attached hydrogen (secondary N) is 1. The second-order valence-corrected chi connectivity index (χ2v) is 2.37. The summed E-state index contributed by atoms with van der Waals surface area (Å²) in [6.45, 7) is 0. The maximum atomic E-state index is 10.4. The molecule has 0 spiro atoms. The minimum Gasteiger partial charge on any atom is -0.296 e. The topological polar surface area (TPSA) is 46.2 Å². The number of carbonyl (C=O) groups excluding carboxylic acids is 2. The molecule has 1 N–H and O–H groups in total. The molecule has 1 aliphatic heterocycles. The number of hydrogen-bond donors (Lipinski definition) is 1. The van der Waals surface area contributed by atoms with E-state index in [4.69, 9.17) is 0 Å². The zero-order valence-corrected chi connectivity index (χ0v) is 5.10. The summed E-state index contributed by atoms with van der Waals surface area (Å²) < 4.78 is 0. The predicted octanol–water partition coefficient (Wildman–Crippen LogP) is -1.01. The largest absolute Gasteiger partial charge is 0.296 e. The molecule has 1 fully saturated rings. The van der Waals surface area contributed by atoms with Crippen molar-refractivity contribution in [2.45, 2.75) is 12.0 Å². The van der Waals surface area contributed by atoms with Crippen LogP contribution in [0, 0.1) is 0 Å². The minimum absolute atomic E-state index is 0.199. The molecule has 3 radical (unpaired) electrons. The van der Waals surface area contributed by atoms with Crippen LogP contribution in [0.2, 0.25) is 5.54 Å². The first-order valence-corrected chi connectivity index (χ1v) is 2.82. The lowest BCUT2D eigenvalue weighted by Gasteiger charge is -1.88. The lowest BCUT2D eigenvalue weighted by Crippen LogP contribution is -2.20. The average molecular weight is 126 g/mol. The van der Waals surface area contributed by atoms with Gasteiger partial charge in [-0.15, -0.1) is 0 Å². The Balaban J connectivity index is 2.64. The summed E-state index contributed by atoms with van der Waals surface area (Å²) in [5.41, 5.74) is -0.303. The van der Waals surface area contributed by atoms with Gasteiger partial charge in [0.05, 0.1) is 0 Å². The molecule has 0 aromatic carbocycles. The molecule has 2 amide bonds. The standard InChI is InChI=1S/C4H4NO2Si/c6-3-1-2(8)4(7)5-3/h2H,1H2,(H,5,6,7). The fourth-order valence-electron chi connectivity index (χ4n) is 0.554. The third-order valence-electron chi connectivity index (χ3n) is 0.969. The van der Waals surface area contributed by atoms with Gasteiger partial charge < -0.3 is 0 Å². The molecule has 1 unspecified atom stereocenters. The molecule has 1 saturated heterocycles. The van der Waals surface area contributed by atoms with Crippen LogP contribution in [-0.4, -0.2) is 22.1 Å². The molecule has 41 valence electrons. The molecule has 1 rings (SSSR count). The maximum Gasteiger partial charge on any atom is 0.227 e. The van der Waals surface area contributed by atoms with Gasteiger partial charge >= 0.3 is 0 Å². The van der Waals surface area contributed by atoms with E-state index in [1.807, 2.05) is 0 Å². The van der Waals surface area contributed by atoms with E-state index in [0.29, 0.717) is 0 Å². The first kappa shape index (κ1) is 5.49. The summed E-state index contributed by atoms with van der Waals surface area (Å²) in [5.74, 6) is -0.429. The predicted molar refractivity (Wildman–Crippen MR) is 27.3 cm³/mol. The summed E-state index contributed by atoms with van der Waals surface area (Å²) in [5, 5.41) is 2.14. The van der Waals surface area contributed by atoms with Gasteiger partial charge in [0.25, 0.3) is 0 Å². The SMILES string of the molecule is O=C1CC([Si])C(=O)N1. The average Bonchev–Trinajstić information content (AvgIpc) is 1.85. The summed E-state index contributed by atoms with van der Waals surface area (Å²) in [6, 6.07) is 0. The van der Waals surface area contributed by atoms with E-state index in [1.165, 1.54) is 0 Å². The van der Waals surface area contributed by atoms with Gasteiger partial charge in [-0.3, -0.25) is 14.9 Å². The van der Waals surface area contributed by atoms with Crippen molar-refractivity contribution in [1.29, 1.82) is 0 Å². The Kier molecular flexibility index (Phi) is 1.17. The van der Waals surface area contributed by atoms with Crippen molar-refractivity contribution < 1.29 is 9.59 Å². The number of imide groups is 1. The van der Waals surface area contributed by atoms with Crippen molar-refractivity contribution in [2.24, 2.45) is 0 Å². The first-order valence-electron chi connectivity index (χ1n) is 2.25. The van der Waals surface area contributed by atoms with Crippen molar-refractivity contribution in [3.63, 3.8) is 0 Å². The van der Waals surface area contributed by atoms with Crippen molar-refractivity contribution in [3.05, 3.63) is 0 Å². The van der Waals surface area contributed by atoms with Crippen molar-refractivity contribution in [1.82, 2.24) is 5.32 Å². The van der Waals surface area contributed by atoms with Gasteiger partial charge in [0.1, 0.15) is 0 Å². The molecule has 8 heavy (non-hydrogen) atoms. The highest BCUT2D eigenvalue weighted by Crippen LogP contribution is 2.10. The van der Waals surface area contributed by atoms with Gasteiger partial charge in [0.2, 0.25) is 11.8 Å². The van der Waals surface area contributed by atoms with Crippen LogP contribution in [0.25, 0.3) is 0 Å². The smallest absolute Gasteiger partial charge is 0.227 e. The molecule has 0 aromatic heterocycles. The monoisotopic (exact) mass is 126 g/mol. The third-order valence-corrected chi connectivity index (χ3v) is 1.43. The molecule has 1 heterocycles. The van der Waals surface area contributed by atoms with Crippen LogP contribution in [0.5, 0.6) is 0 Å². The second-order valence-electron chi connectivity index (χ2n) is 1.67. The second kappa shape index (κ2) is 1.70. The molecule has 3 nitrogen and oxygen atoms in total. The number of rotatable bonds is 0. The Morgan fingerprint density at radius 2 is 2.25 bits per heavy atom. The van der Waals surface area contributed by atoms with Crippen LogP contribution < -0.4 is 5.32 Å². The van der Waals surface area contributed by atoms with E-state index >= 15 is 0 Å². The van der Waals surface area contributed by atoms with Crippen molar-refractivity contribution in [3.8, 4) is 0 Å². The Hall–Kier alpha value is -0.643. The summed E-state index contributed by atoms with van der Waals surface area (Å²) in [4.78, 5) is 20.7. The number of carbonyl (C=O) groups is 2. The Bertz CT molecular complexity index is 145. The molecule has 0 saturated carbocycles. The lowest BCUT2D eigenvalue weighted by molar-refractivity contribution is -0.124. The van der Waals surface area contributed by atoms with Gasteiger partial charge in [0, 0.05) is 22.2 Å². The van der Waals surface area contributed by atoms with E-state index in [2.05, 4.69) is 15.6 Å². The minimum atomic E-state index is -0.303. The van der Waals surface area contributed by atoms with E-state index < -0.39 is 0 Å². The highest BCUT2D eigenvalue weighted by atomic mass is 28.1. The zero-order chi connectivity index (χ0) is 6.15. The van der Waals surface area contributed by atoms with Crippen LogP contribution in [0.3, 0.4) is 0 Å². The highest BCUT2D eigenvalue weighted by Gasteiger charge is 2.25. The Morgan fingerprint density at radius 1 is 1.62 bits per heavy atom. The van der Waals surface area contributed by atoms with E-state index in [0.717, 1.165) is 0 Å². The fraction of sp³-hybridized carbons (Fsp3) is 0.500. The van der Waals surface area contributed by atoms with Crippen LogP contribution in [-0.2, 0) is 9.59 Å². The summed E-state index contributed by atoms with van der Waals surface area (Å²) >= 11 is 0. The first-order chi connectivity index (χ1) is 3.70. The normalized spacial score (nSPS) is 28.4. The molecule has 0 bridgehead atoms. The van der Waals surface area contributed by atoms with Gasteiger partial charge in [0.15, 0.2) is 0 Å². The van der Waals surface area contributed by atoms with Gasteiger partial charge in [-0.05, 0) is 0 Å². The third kappa shape index (κ3) is 0.788. The molecule has 0 aliphatic carbocycles. The molecule has 1 atom stereocenters. The number of amides is 2. The summed E-state index contributed by atoms with van der Waals surface area (Å²) in [7, 11) is 3.06. The van der Waals surface area contributed by atoms with E-state index in [-0.39, 0.29) is 23.8 Å². The van der Waals surface area contributed by atoms with Crippen LogP contribution in [0.4, 0.5) is 0 Å². The fourth-order valence-corrected chi connectivity index (χ4v) is 0.811. The quantitative estimate of drug-likeness (QED) is 0.334. The van der Waals surface area contributed by atoms with Crippen LogP contribution in [0.15, 0.2) is 0 Å². The zero-order valence-electron chi connectivity index (χ0n) is 4.10. The molecule has 1 aliphatic rings. The summed E-state index contributed by atoms with van der Waals surface area (Å²) in [6.07, 6.45) is 0.274. The van der Waals surface area contributed by atoms with Gasteiger partial charge in [-0.25, -0.2) is 0 Å². The molecule has 0 aromatic rings. The lowest BCUT2D eigenvalue weighted by atomic mass is 10.3. The van der Waals surface area contributed by atoms with Crippen LogP contribution in [0.1, 0.15) is 6.42 Å². The van der Waals surface area contributed by atoms with E-state index in [9.17, 15) is 9.59 Å². The molecule has 4 heteroatoms. The molecular weight excluding hydrogens is 122 g/mol. The number of hydrogen-bond acceptors (Lipinski definition) is 2. The van der Waals surface area contributed by atoms with Crippen molar-refractivity contribution in [2.75, 3.05) is 0 Å². The Labute approximate surface area is 49.9 Å².